The highest BCUT2D eigenvalue weighted by Gasteiger charge is 2.14. The number of rotatable bonds is 3. The van der Waals surface area contributed by atoms with Crippen molar-refractivity contribution in [2.24, 2.45) is 0 Å². The Kier molecular flexibility index (Phi) is 6.17. The maximum atomic E-state index is 3.57. The summed E-state index contributed by atoms with van der Waals surface area (Å²) in [7, 11) is 0. The van der Waals surface area contributed by atoms with Gasteiger partial charge in [0.05, 0.1) is 0 Å². The molecule has 0 unspecified atom stereocenters. The molecule has 0 atom stereocenters. The molecule has 0 heteroatoms. The first kappa shape index (κ1) is 23.7. The van der Waals surface area contributed by atoms with Crippen LogP contribution >= 0.6 is 0 Å². The van der Waals surface area contributed by atoms with Crippen LogP contribution in [0.2, 0.25) is 0 Å². The lowest BCUT2D eigenvalue weighted by molar-refractivity contribution is 1.59. The Bertz CT molecular complexity index is 1950. The summed E-state index contributed by atoms with van der Waals surface area (Å²) < 4.78 is 0. The summed E-state index contributed by atoms with van der Waals surface area (Å²) in [6.45, 7) is 0. The summed E-state index contributed by atoms with van der Waals surface area (Å²) in [5.41, 5.74) is 9.41. The van der Waals surface area contributed by atoms with Gasteiger partial charge in [-0.1, -0.05) is 157 Å². The Balaban J connectivity index is 1.35. The molecule has 0 nitrogen and oxygen atoms in total. The predicted molar refractivity (Wildman–Crippen MR) is 170 cm³/mol. The Morgan fingerprint density at radius 1 is 0.275 bits per heavy atom. The molecule has 0 aromatic heterocycles. The molecule has 7 rings (SSSR count). The minimum atomic E-state index is 1.01. The number of benzene rings is 7. The van der Waals surface area contributed by atoms with Crippen LogP contribution in [-0.4, -0.2) is 0 Å². The van der Waals surface area contributed by atoms with Gasteiger partial charge in [0.1, 0.15) is 0 Å². The van der Waals surface area contributed by atoms with Gasteiger partial charge in [0.15, 0.2) is 0 Å². The van der Waals surface area contributed by atoms with E-state index in [9.17, 15) is 0 Å². The highest BCUT2D eigenvalue weighted by Crippen LogP contribution is 2.39. The van der Waals surface area contributed by atoms with Crippen molar-refractivity contribution in [1.82, 2.24) is 0 Å². The van der Waals surface area contributed by atoms with E-state index in [-0.39, 0.29) is 0 Å². The summed E-state index contributed by atoms with van der Waals surface area (Å²) in [5.74, 6) is 7.02. The first-order valence-corrected chi connectivity index (χ1v) is 13.6. The quantitative estimate of drug-likeness (QED) is 0.165. The van der Waals surface area contributed by atoms with Crippen molar-refractivity contribution in [3.63, 3.8) is 0 Å². The maximum Gasteiger partial charge on any atom is 0.0406 e. The highest BCUT2D eigenvalue weighted by atomic mass is 14.2. The monoisotopic (exact) mass is 506 g/mol. The molecule has 0 radical (unpaired) electrons. The fraction of sp³-hybridized carbons (Fsp3) is 0. The molecule has 0 aliphatic rings. The molecule has 0 spiro atoms. The Labute approximate surface area is 235 Å². The molecular formula is C40H26. The van der Waals surface area contributed by atoms with Crippen LogP contribution in [0.5, 0.6) is 0 Å². The van der Waals surface area contributed by atoms with E-state index in [1.54, 1.807) is 0 Å². The molecule has 0 saturated carbocycles. The molecule has 40 heavy (non-hydrogen) atoms. The SMILES string of the molecule is C(#Cc1c2ccccc2c(-c2ccc(-c3ccccc3)cc2)c2ccccc12)c1ccc(-c2ccccc2)cc1. The Morgan fingerprint density at radius 2 is 0.650 bits per heavy atom. The van der Waals surface area contributed by atoms with Crippen LogP contribution in [0.4, 0.5) is 0 Å². The highest BCUT2D eigenvalue weighted by molar-refractivity contribution is 6.16. The van der Waals surface area contributed by atoms with Gasteiger partial charge in [-0.2, -0.15) is 0 Å². The van der Waals surface area contributed by atoms with E-state index in [4.69, 9.17) is 0 Å². The van der Waals surface area contributed by atoms with E-state index in [1.807, 2.05) is 6.07 Å². The molecule has 7 aromatic carbocycles. The molecular weight excluding hydrogens is 480 g/mol. The summed E-state index contributed by atoms with van der Waals surface area (Å²) >= 11 is 0. The largest absolute Gasteiger partial charge is 0.0622 e. The molecule has 0 aliphatic heterocycles. The average Bonchev–Trinajstić information content (AvgIpc) is 3.04. The van der Waals surface area contributed by atoms with E-state index in [2.05, 4.69) is 164 Å². The predicted octanol–water partition coefficient (Wildman–Crippen LogP) is 10.4. The second kappa shape index (κ2) is 10.4. The van der Waals surface area contributed by atoms with Crippen molar-refractivity contribution >= 4 is 21.5 Å². The molecule has 0 fully saturated rings. The molecule has 0 bridgehead atoms. The summed E-state index contributed by atoms with van der Waals surface area (Å²) in [4.78, 5) is 0. The van der Waals surface area contributed by atoms with Gasteiger partial charge in [-0.05, 0) is 67.1 Å². The average molecular weight is 507 g/mol. The van der Waals surface area contributed by atoms with Gasteiger partial charge >= 0.3 is 0 Å². The van der Waals surface area contributed by atoms with Crippen LogP contribution in [0.25, 0.3) is 54.9 Å². The zero-order valence-corrected chi connectivity index (χ0v) is 22.0. The second-order valence-corrected chi connectivity index (χ2v) is 9.98. The van der Waals surface area contributed by atoms with Gasteiger partial charge in [0, 0.05) is 11.1 Å². The van der Waals surface area contributed by atoms with E-state index < -0.39 is 0 Å². The van der Waals surface area contributed by atoms with Gasteiger partial charge in [-0.25, -0.2) is 0 Å². The van der Waals surface area contributed by atoms with Crippen molar-refractivity contribution < 1.29 is 0 Å². The third-order valence-electron chi connectivity index (χ3n) is 7.54. The number of fused-ring (bicyclic) bond motifs is 2. The fourth-order valence-corrected chi connectivity index (χ4v) is 5.55. The molecule has 0 N–H and O–H groups in total. The molecule has 186 valence electrons. The maximum absolute atomic E-state index is 3.57. The van der Waals surface area contributed by atoms with Gasteiger partial charge in [0.2, 0.25) is 0 Å². The van der Waals surface area contributed by atoms with E-state index in [0.717, 1.165) is 11.1 Å². The summed E-state index contributed by atoms with van der Waals surface area (Å²) in [5, 5.41) is 4.79. The van der Waals surface area contributed by atoms with Gasteiger partial charge < -0.3 is 0 Å². The third-order valence-corrected chi connectivity index (χ3v) is 7.54. The van der Waals surface area contributed by atoms with Crippen molar-refractivity contribution in [2.75, 3.05) is 0 Å². The lowest BCUT2D eigenvalue weighted by Crippen LogP contribution is -1.91. The van der Waals surface area contributed by atoms with Crippen LogP contribution in [0, 0.1) is 11.8 Å². The fourth-order valence-electron chi connectivity index (χ4n) is 5.55. The zero-order chi connectivity index (χ0) is 26.7. The number of hydrogen-bond acceptors (Lipinski definition) is 0. The smallest absolute Gasteiger partial charge is 0.0406 e. The molecule has 0 saturated heterocycles. The minimum Gasteiger partial charge on any atom is -0.0622 e. The van der Waals surface area contributed by atoms with Crippen LogP contribution in [-0.2, 0) is 0 Å². The Hall–Kier alpha value is -5.38. The standard InChI is InChI=1S/C40H26/c1-3-11-30(12-4-1)32-22-19-29(20-23-32)21-28-37-35-15-7-9-17-38(35)40(39-18-10-8-16-36(37)39)34-26-24-33(25-27-34)31-13-5-2-6-14-31/h1-20,22-27H. The summed E-state index contributed by atoms with van der Waals surface area (Å²) in [6, 6.07) is 55.8. The normalized spacial score (nSPS) is 10.8. The van der Waals surface area contributed by atoms with Gasteiger partial charge in [-0.15, -0.1) is 0 Å². The van der Waals surface area contributed by atoms with E-state index >= 15 is 0 Å². The molecule has 0 aliphatic carbocycles. The number of hydrogen-bond donors (Lipinski definition) is 0. The van der Waals surface area contributed by atoms with Crippen molar-refractivity contribution in [3.05, 3.63) is 169 Å². The third kappa shape index (κ3) is 4.45. The minimum absolute atomic E-state index is 1.01. The Morgan fingerprint density at radius 3 is 1.15 bits per heavy atom. The van der Waals surface area contributed by atoms with Crippen LogP contribution in [0.1, 0.15) is 11.1 Å². The van der Waals surface area contributed by atoms with Crippen molar-refractivity contribution in [1.29, 1.82) is 0 Å². The van der Waals surface area contributed by atoms with Crippen LogP contribution < -0.4 is 0 Å². The van der Waals surface area contributed by atoms with E-state index in [0.29, 0.717) is 0 Å². The van der Waals surface area contributed by atoms with Crippen molar-refractivity contribution in [3.8, 4) is 45.2 Å². The van der Waals surface area contributed by atoms with Crippen LogP contribution in [0.15, 0.2) is 158 Å². The molecule has 0 amide bonds. The lowest BCUT2D eigenvalue weighted by atomic mass is 9.88. The van der Waals surface area contributed by atoms with Gasteiger partial charge in [0.25, 0.3) is 0 Å². The summed E-state index contributed by atoms with van der Waals surface area (Å²) in [6.07, 6.45) is 0. The van der Waals surface area contributed by atoms with E-state index in [1.165, 1.54) is 54.9 Å². The molecule has 0 heterocycles. The van der Waals surface area contributed by atoms with Crippen LogP contribution in [0.3, 0.4) is 0 Å². The molecule has 7 aromatic rings. The first-order valence-electron chi connectivity index (χ1n) is 13.6. The van der Waals surface area contributed by atoms with Crippen molar-refractivity contribution in [2.45, 2.75) is 0 Å². The second-order valence-electron chi connectivity index (χ2n) is 9.98. The topological polar surface area (TPSA) is 0 Å². The zero-order valence-electron chi connectivity index (χ0n) is 22.0. The lowest BCUT2D eigenvalue weighted by Gasteiger charge is -2.15. The first-order chi connectivity index (χ1) is 19.8. The van der Waals surface area contributed by atoms with Gasteiger partial charge in [-0.3, -0.25) is 0 Å².